The lowest BCUT2D eigenvalue weighted by Gasteiger charge is -2.14. The minimum Gasteiger partial charge on any atom is -0.378 e. The summed E-state index contributed by atoms with van der Waals surface area (Å²) < 4.78 is 0. The molecule has 0 atom stereocenters. The summed E-state index contributed by atoms with van der Waals surface area (Å²) in [7, 11) is 0. The fraction of sp³-hybridized carbons (Fsp3) is 0.200. The highest BCUT2D eigenvalue weighted by Crippen LogP contribution is 2.33. The predicted octanol–water partition coefficient (Wildman–Crippen LogP) is 3.99. The van der Waals surface area contributed by atoms with E-state index in [1.165, 1.54) is 11.8 Å². The molecule has 0 saturated carbocycles. The minimum atomic E-state index is 0. The molecule has 3 N–H and O–H groups in total. The Morgan fingerprint density at radius 3 is 2.75 bits per heavy atom. The van der Waals surface area contributed by atoms with Crippen molar-refractivity contribution in [2.45, 2.75) is 25.2 Å². The van der Waals surface area contributed by atoms with Crippen LogP contribution in [0.1, 0.15) is 16.8 Å². The zero-order valence-corrected chi connectivity index (χ0v) is 13.2. The predicted molar refractivity (Wildman–Crippen MR) is 90.1 cm³/mol. The number of benzene rings is 1. The Labute approximate surface area is 129 Å². The molecule has 0 fully saturated rings. The van der Waals surface area contributed by atoms with Gasteiger partial charge in [-0.15, -0.1) is 19.0 Å². The highest BCUT2D eigenvalue weighted by Gasteiger charge is 2.14. The summed E-state index contributed by atoms with van der Waals surface area (Å²) in [6.45, 7) is 7.83. The molecule has 1 aromatic heterocycles. The number of rotatable bonds is 3. The third-order valence-electron chi connectivity index (χ3n) is 3.03. The zero-order valence-electron chi connectivity index (χ0n) is 11.6. The lowest BCUT2D eigenvalue weighted by molar-refractivity contribution is 1.08. The number of nitrogens with zero attached hydrogens (tertiary/aromatic N) is 1. The van der Waals surface area contributed by atoms with Crippen molar-refractivity contribution in [3.8, 4) is 0 Å². The van der Waals surface area contributed by atoms with Crippen molar-refractivity contribution in [2.75, 3.05) is 0 Å². The molecule has 0 spiro atoms. The molecule has 20 heavy (non-hydrogen) atoms. The molecule has 106 valence electrons. The van der Waals surface area contributed by atoms with Crippen molar-refractivity contribution in [3.05, 3.63) is 47.7 Å². The summed E-state index contributed by atoms with van der Waals surface area (Å²) in [5, 5.41) is 8.71. The molecule has 3 nitrogen and oxygen atoms in total. The van der Waals surface area contributed by atoms with Crippen LogP contribution in [0.5, 0.6) is 0 Å². The normalized spacial score (nSPS) is 10.1. The lowest BCUT2D eigenvalue weighted by Crippen LogP contribution is -2.06. The van der Waals surface area contributed by atoms with E-state index in [1.54, 1.807) is 0 Å². The van der Waals surface area contributed by atoms with Crippen molar-refractivity contribution in [2.24, 2.45) is 5.73 Å². The highest BCUT2D eigenvalue weighted by molar-refractivity contribution is 8.13. The van der Waals surface area contributed by atoms with Gasteiger partial charge in [0.2, 0.25) is 0 Å². The fourth-order valence-corrected chi connectivity index (χ4v) is 3.01. The minimum absolute atomic E-state index is 0. The number of pyridine rings is 1. The van der Waals surface area contributed by atoms with Gasteiger partial charge in [-0.05, 0) is 31.4 Å². The van der Waals surface area contributed by atoms with Crippen LogP contribution in [0, 0.1) is 19.3 Å². The van der Waals surface area contributed by atoms with Crippen LogP contribution in [0.15, 0.2) is 35.7 Å². The van der Waals surface area contributed by atoms with E-state index in [-0.39, 0.29) is 17.6 Å². The Morgan fingerprint density at radius 2 is 2.15 bits per heavy atom. The van der Waals surface area contributed by atoms with Crippen LogP contribution in [0.2, 0.25) is 0 Å². The quantitative estimate of drug-likeness (QED) is 0.390. The SMILES string of the molecule is C=CCc1c(C)nc2c(C)cccc2c1SC(=N)N.Cl. The van der Waals surface area contributed by atoms with Crippen molar-refractivity contribution < 1.29 is 0 Å². The zero-order chi connectivity index (χ0) is 14.0. The van der Waals surface area contributed by atoms with Crippen molar-refractivity contribution in [3.63, 3.8) is 0 Å². The molecule has 1 aromatic carbocycles. The van der Waals surface area contributed by atoms with Gasteiger partial charge in [-0.25, -0.2) is 0 Å². The van der Waals surface area contributed by atoms with Gasteiger partial charge < -0.3 is 5.73 Å². The number of amidine groups is 1. The maximum atomic E-state index is 7.55. The molecule has 1 heterocycles. The number of thioether (sulfide) groups is 1. The number of hydrogen-bond acceptors (Lipinski definition) is 3. The Kier molecular flexibility index (Phi) is 5.60. The summed E-state index contributed by atoms with van der Waals surface area (Å²) in [6, 6.07) is 6.09. The summed E-state index contributed by atoms with van der Waals surface area (Å²) in [5.41, 5.74) is 9.77. The molecule has 0 saturated heterocycles. The number of nitrogens with one attached hydrogen (secondary N) is 1. The summed E-state index contributed by atoms with van der Waals surface area (Å²) in [5.74, 6) is 0. The maximum absolute atomic E-state index is 7.55. The van der Waals surface area contributed by atoms with E-state index in [4.69, 9.17) is 11.1 Å². The Bertz CT molecular complexity index is 668. The summed E-state index contributed by atoms with van der Waals surface area (Å²) in [4.78, 5) is 5.72. The smallest absolute Gasteiger partial charge is 0.155 e. The van der Waals surface area contributed by atoms with Crippen molar-refractivity contribution in [1.29, 1.82) is 5.41 Å². The number of aryl methyl sites for hydroxylation is 2. The van der Waals surface area contributed by atoms with Crippen LogP contribution in [0.4, 0.5) is 0 Å². The molecule has 0 bridgehead atoms. The Balaban J connectivity index is 0.00000200. The van der Waals surface area contributed by atoms with Crippen molar-refractivity contribution >= 4 is 40.2 Å². The molecular weight excluding hydrogens is 290 g/mol. The third-order valence-corrected chi connectivity index (χ3v) is 3.92. The number of halogens is 1. The van der Waals surface area contributed by atoms with Gasteiger partial charge in [0.1, 0.15) is 0 Å². The molecular formula is C15H18ClN3S. The molecule has 5 heteroatoms. The fourth-order valence-electron chi connectivity index (χ4n) is 2.16. The van der Waals surface area contributed by atoms with Crippen LogP contribution < -0.4 is 5.73 Å². The van der Waals surface area contributed by atoms with E-state index in [0.29, 0.717) is 0 Å². The van der Waals surface area contributed by atoms with Crippen molar-refractivity contribution in [1.82, 2.24) is 4.98 Å². The van der Waals surface area contributed by atoms with Crippen LogP contribution in [0.3, 0.4) is 0 Å². The molecule has 0 aliphatic rings. The topological polar surface area (TPSA) is 62.8 Å². The van der Waals surface area contributed by atoms with Gasteiger partial charge in [-0.1, -0.05) is 36.0 Å². The van der Waals surface area contributed by atoms with Gasteiger partial charge in [-0.3, -0.25) is 10.4 Å². The summed E-state index contributed by atoms with van der Waals surface area (Å²) in [6.07, 6.45) is 2.59. The van der Waals surface area contributed by atoms with Crippen LogP contribution in [-0.4, -0.2) is 10.2 Å². The Morgan fingerprint density at radius 1 is 1.45 bits per heavy atom. The monoisotopic (exact) mass is 307 g/mol. The first kappa shape index (κ1) is 16.5. The highest BCUT2D eigenvalue weighted by atomic mass is 35.5. The molecule has 0 aliphatic carbocycles. The standard InChI is InChI=1S/C15H17N3S.ClH/c1-4-6-11-10(3)18-13-9(2)7-5-8-12(13)14(11)19-15(16)17;/h4-5,7-8H,1,6H2,2-3H3,(H3,16,17);1H. The van der Waals surface area contributed by atoms with Gasteiger partial charge in [0.15, 0.2) is 5.17 Å². The average molecular weight is 308 g/mol. The van der Waals surface area contributed by atoms with E-state index in [0.717, 1.165) is 39.0 Å². The number of hydrogen-bond donors (Lipinski definition) is 2. The number of nitrogens with two attached hydrogens (primary N) is 1. The Hall–Kier alpha value is -1.52. The lowest BCUT2D eigenvalue weighted by atomic mass is 10.0. The number of aromatic nitrogens is 1. The molecule has 0 amide bonds. The molecule has 2 rings (SSSR count). The van der Waals surface area contributed by atoms with Gasteiger partial charge in [0, 0.05) is 16.0 Å². The van der Waals surface area contributed by atoms with Gasteiger partial charge in [-0.2, -0.15) is 0 Å². The third kappa shape index (κ3) is 3.14. The molecule has 0 radical (unpaired) electrons. The second kappa shape index (κ2) is 6.77. The molecule has 2 aromatic rings. The second-order valence-electron chi connectivity index (χ2n) is 4.44. The number of fused-ring (bicyclic) bond motifs is 1. The van der Waals surface area contributed by atoms with E-state index in [2.05, 4.69) is 11.6 Å². The maximum Gasteiger partial charge on any atom is 0.155 e. The van der Waals surface area contributed by atoms with E-state index in [9.17, 15) is 0 Å². The van der Waals surface area contributed by atoms with Gasteiger partial charge >= 0.3 is 0 Å². The van der Waals surface area contributed by atoms with E-state index < -0.39 is 0 Å². The van der Waals surface area contributed by atoms with Crippen LogP contribution in [0.25, 0.3) is 10.9 Å². The molecule has 0 aliphatic heterocycles. The van der Waals surface area contributed by atoms with Gasteiger partial charge in [0.05, 0.1) is 5.52 Å². The average Bonchev–Trinajstić information content (AvgIpc) is 2.34. The second-order valence-corrected chi connectivity index (χ2v) is 5.49. The number of para-hydroxylation sites is 1. The number of allylic oxidation sites excluding steroid dienone is 1. The van der Waals surface area contributed by atoms with Crippen LogP contribution in [-0.2, 0) is 6.42 Å². The first-order valence-electron chi connectivity index (χ1n) is 6.06. The molecule has 0 unspecified atom stereocenters. The van der Waals surface area contributed by atoms with E-state index >= 15 is 0 Å². The van der Waals surface area contributed by atoms with Gasteiger partial charge in [0.25, 0.3) is 0 Å². The summed E-state index contributed by atoms with van der Waals surface area (Å²) >= 11 is 1.29. The van der Waals surface area contributed by atoms with E-state index in [1.807, 2.05) is 38.1 Å². The largest absolute Gasteiger partial charge is 0.378 e. The first-order valence-corrected chi connectivity index (χ1v) is 6.87. The van der Waals surface area contributed by atoms with Crippen LogP contribution >= 0.6 is 24.2 Å². The first-order chi connectivity index (χ1) is 9.04.